The van der Waals surface area contributed by atoms with Gasteiger partial charge in [-0.2, -0.15) is 0 Å². The van der Waals surface area contributed by atoms with Gasteiger partial charge in [0.15, 0.2) is 0 Å². The summed E-state index contributed by atoms with van der Waals surface area (Å²) < 4.78 is 22.4. The second-order valence-corrected chi connectivity index (χ2v) is 14.5. The predicted molar refractivity (Wildman–Crippen MR) is 171 cm³/mol. The van der Waals surface area contributed by atoms with Crippen LogP contribution < -0.4 is 15.8 Å². The summed E-state index contributed by atoms with van der Waals surface area (Å²) >= 11 is 0. The lowest BCUT2D eigenvalue weighted by atomic mass is 9.83. The van der Waals surface area contributed by atoms with Gasteiger partial charge in [-0.05, 0) is 86.8 Å². The van der Waals surface area contributed by atoms with Crippen LogP contribution in [0.5, 0.6) is 0 Å². The summed E-state index contributed by atoms with van der Waals surface area (Å²) in [6.45, 7) is 23.7. The average molecular weight is 618 g/mol. The van der Waals surface area contributed by atoms with Gasteiger partial charge in [-0.15, -0.1) is 0 Å². The fraction of sp³-hybridized carbons (Fsp3) is 0.657. The molecule has 1 N–H and O–H groups in total. The number of carbonyl (C=O) groups excluding carboxylic acids is 4. The summed E-state index contributed by atoms with van der Waals surface area (Å²) in [5.41, 5.74) is -2.15. The van der Waals surface area contributed by atoms with Crippen LogP contribution in [0, 0.1) is 23.7 Å². The van der Waals surface area contributed by atoms with E-state index in [1.807, 2.05) is 24.3 Å². The third kappa shape index (κ3) is 15.9. The molecule has 0 heterocycles. The van der Waals surface area contributed by atoms with E-state index in [0.717, 1.165) is 10.4 Å². The van der Waals surface area contributed by atoms with Gasteiger partial charge in [0, 0.05) is 11.1 Å². The van der Waals surface area contributed by atoms with Crippen LogP contribution in [0.15, 0.2) is 24.3 Å². The Morgan fingerprint density at radius 1 is 0.727 bits per heavy atom. The van der Waals surface area contributed by atoms with Gasteiger partial charge in [-0.1, -0.05) is 44.7 Å². The monoisotopic (exact) mass is 617 g/mol. The molecule has 9 nitrogen and oxygen atoms in total. The number of hydrogen-bond donors (Lipinski definition) is 1. The van der Waals surface area contributed by atoms with Crippen molar-refractivity contribution in [2.45, 2.75) is 112 Å². The molecule has 0 aliphatic rings. The molecular formula is C35H55NO8. The highest BCUT2D eigenvalue weighted by atomic mass is 16.6. The Labute approximate surface area is 263 Å². The highest BCUT2D eigenvalue weighted by Gasteiger charge is 2.36. The summed E-state index contributed by atoms with van der Waals surface area (Å²) in [6, 6.07) is 7.52. The zero-order chi connectivity index (χ0) is 33.9. The highest BCUT2D eigenvalue weighted by molar-refractivity contribution is 5.82. The average Bonchev–Trinajstić information content (AvgIpc) is 2.85. The van der Waals surface area contributed by atoms with Crippen molar-refractivity contribution in [1.82, 2.24) is 5.32 Å². The number of esters is 3. The molecule has 1 rings (SSSR count). The molecular weight excluding hydrogens is 562 g/mol. The maximum absolute atomic E-state index is 13.5. The molecule has 0 spiro atoms. The largest absolute Gasteiger partial charge is 0.499 e. The topological polar surface area (TPSA) is 117 Å². The minimum Gasteiger partial charge on any atom is -0.499 e. The molecule has 1 amide bonds. The van der Waals surface area contributed by atoms with Gasteiger partial charge in [0.05, 0.1) is 30.6 Å². The van der Waals surface area contributed by atoms with Crippen molar-refractivity contribution in [1.29, 1.82) is 0 Å². The van der Waals surface area contributed by atoms with E-state index in [0.29, 0.717) is 0 Å². The maximum atomic E-state index is 13.5. The molecule has 0 radical (unpaired) electrons. The number of nitrogens with one attached hydrogen (secondary N) is 1. The molecule has 9 heteroatoms. The highest BCUT2D eigenvalue weighted by Crippen LogP contribution is 2.30. The number of benzene rings is 1. The summed E-state index contributed by atoms with van der Waals surface area (Å²) in [5, 5.41) is 4.54. The molecule has 0 aliphatic heterocycles. The van der Waals surface area contributed by atoms with Crippen molar-refractivity contribution in [2.75, 3.05) is 13.2 Å². The van der Waals surface area contributed by atoms with Gasteiger partial charge in [0.1, 0.15) is 23.4 Å². The Morgan fingerprint density at radius 3 is 1.66 bits per heavy atom. The Kier molecular flexibility index (Phi) is 14.6. The molecule has 248 valence electrons. The Balaban J connectivity index is 3.18. The molecule has 4 atom stereocenters. The molecule has 0 aromatic heterocycles. The molecule has 1 aromatic carbocycles. The zero-order valence-electron chi connectivity index (χ0n) is 28.7. The van der Waals surface area contributed by atoms with Gasteiger partial charge in [-0.3, -0.25) is 19.2 Å². The lowest BCUT2D eigenvalue weighted by Crippen LogP contribution is -2.39. The molecule has 0 bridgehead atoms. The maximum Gasteiger partial charge on any atom is 0.309 e. The van der Waals surface area contributed by atoms with Crippen molar-refractivity contribution >= 4 is 36.7 Å². The van der Waals surface area contributed by atoms with Crippen LogP contribution in [0.2, 0.25) is 0 Å². The van der Waals surface area contributed by atoms with Crippen molar-refractivity contribution in [3.8, 4) is 0 Å². The Hall–Kier alpha value is -3.36. The number of carbonyl (C=O) groups is 4. The standard InChI is InChI=1S/C35H55NO8/c1-23-15-13-14-16-26(23)22-41-18-17-36-29(37)27(19-24(2)30(38)42-33(4,5)6)21-28(32(40)44-35(10,11)12)20-25(3)31(39)43-34(7,8)9/h13-16,22,24-25,27-28H,1,17-21H2,2-12H3,(H,36,37)/b26-22+. The van der Waals surface area contributed by atoms with Crippen LogP contribution in [0.1, 0.15) is 95.4 Å². The summed E-state index contributed by atoms with van der Waals surface area (Å²) in [6.07, 6.45) is 1.93. The summed E-state index contributed by atoms with van der Waals surface area (Å²) in [4.78, 5) is 52.6. The van der Waals surface area contributed by atoms with E-state index in [2.05, 4.69) is 11.9 Å². The lowest BCUT2D eigenvalue weighted by Gasteiger charge is -2.29. The van der Waals surface area contributed by atoms with Crippen LogP contribution in [0.3, 0.4) is 0 Å². The van der Waals surface area contributed by atoms with E-state index in [9.17, 15) is 19.2 Å². The van der Waals surface area contributed by atoms with Crippen molar-refractivity contribution < 1.29 is 38.1 Å². The number of ether oxygens (including phenoxy) is 4. The third-order valence-electron chi connectivity index (χ3n) is 6.36. The van der Waals surface area contributed by atoms with Crippen LogP contribution >= 0.6 is 0 Å². The van der Waals surface area contributed by atoms with E-state index in [1.165, 1.54) is 0 Å². The second kappa shape index (κ2) is 16.6. The van der Waals surface area contributed by atoms with E-state index >= 15 is 0 Å². The Bertz CT molecular complexity index is 1220. The number of rotatable bonds is 14. The zero-order valence-corrected chi connectivity index (χ0v) is 28.7. The molecule has 0 aliphatic carbocycles. The molecule has 44 heavy (non-hydrogen) atoms. The van der Waals surface area contributed by atoms with Crippen LogP contribution in [0.4, 0.5) is 0 Å². The van der Waals surface area contributed by atoms with E-state index in [4.69, 9.17) is 18.9 Å². The van der Waals surface area contributed by atoms with Crippen molar-refractivity contribution in [3.05, 3.63) is 34.7 Å². The van der Waals surface area contributed by atoms with Crippen LogP contribution in [-0.2, 0) is 38.1 Å². The van der Waals surface area contributed by atoms with E-state index in [-0.39, 0.29) is 38.3 Å². The van der Waals surface area contributed by atoms with Crippen molar-refractivity contribution in [2.24, 2.45) is 23.7 Å². The first-order valence-corrected chi connectivity index (χ1v) is 15.4. The quantitative estimate of drug-likeness (QED) is 0.182. The van der Waals surface area contributed by atoms with Gasteiger partial charge in [-0.25, -0.2) is 0 Å². The smallest absolute Gasteiger partial charge is 0.309 e. The minimum absolute atomic E-state index is 0.0723. The van der Waals surface area contributed by atoms with Gasteiger partial charge in [0.2, 0.25) is 5.91 Å². The predicted octanol–water partition coefficient (Wildman–Crippen LogP) is 4.67. The fourth-order valence-corrected chi connectivity index (χ4v) is 4.35. The molecule has 0 fully saturated rings. The molecule has 1 aromatic rings. The summed E-state index contributed by atoms with van der Waals surface area (Å²) in [5.74, 6) is -4.51. The third-order valence-corrected chi connectivity index (χ3v) is 6.36. The first-order chi connectivity index (χ1) is 20.1. The second-order valence-electron chi connectivity index (χ2n) is 14.5. The Morgan fingerprint density at radius 2 is 1.18 bits per heavy atom. The molecule has 0 saturated carbocycles. The van der Waals surface area contributed by atoms with Crippen LogP contribution in [-0.4, -0.2) is 53.8 Å². The van der Waals surface area contributed by atoms with E-state index in [1.54, 1.807) is 82.4 Å². The van der Waals surface area contributed by atoms with Gasteiger partial charge >= 0.3 is 17.9 Å². The lowest BCUT2D eigenvalue weighted by molar-refractivity contribution is -0.164. The summed E-state index contributed by atoms with van der Waals surface area (Å²) in [7, 11) is 0. The fourth-order valence-electron chi connectivity index (χ4n) is 4.35. The van der Waals surface area contributed by atoms with E-state index < -0.39 is 58.4 Å². The first-order valence-electron chi connectivity index (χ1n) is 15.4. The number of hydrogen-bond acceptors (Lipinski definition) is 8. The van der Waals surface area contributed by atoms with Crippen molar-refractivity contribution in [3.63, 3.8) is 0 Å². The van der Waals surface area contributed by atoms with Gasteiger partial charge < -0.3 is 24.3 Å². The first kappa shape index (κ1) is 38.7. The normalized spacial score (nSPS) is 15.4. The van der Waals surface area contributed by atoms with Crippen LogP contribution in [0.25, 0.3) is 12.8 Å². The number of amides is 1. The van der Waals surface area contributed by atoms with Gasteiger partial charge in [0.25, 0.3) is 0 Å². The molecule has 4 unspecified atom stereocenters. The minimum atomic E-state index is -0.795. The molecule has 0 saturated heterocycles. The SMILES string of the molecule is C=c1cccc/c1=C\OCCNC(=O)C(CC(C)C(=O)OC(C)(C)C)CC(CC(C)C(=O)OC(C)(C)C)C(=O)OC(C)(C)C.